The lowest BCUT2D eigenvalue weighted by molar-refractivity contribution is -0.146. The van der Waals surface area contributed by atoms with Crippen LogP contribution in [0.25, 0.3) is 0 Å². The fourth-order valence-electron chi connectivity index (χ4n) is 2.60. The van der Waals surface area contributed by atoms with E-state index in [1.165, 1.54) is 0 Å². The van der Waals surface area contributed by atoms with Crippen molar-refractivity contribution in [3.05, 3.63) is 0 Å². The van der Waals surface area contributed by atoms with Gasteiger partial charge in [-0.05, 0) is 26.7 Å². The molecule has 0 rings (SSSR count). The number of carboxylic acid groups (broad SMARTS) is 2. The number of aliphatic hydroxyl groups is 2. The number of carbonyl (C=O) groups excluding carboxylic acids is 3. The summed E-state index contributed by atoms with van der Waals surface area (Å²) in [4.78, 5) is 63.4. The molecule has 0 aliphatic rings. The highest BCUT2D eigenvalue weighted by Gasteiger charge is 2.34. The van der Waals surface area contributed by atoms with Crippen molar-refractivity contribution in [1.29, 1.82) is 0 Å². The average molecular weight is 492 g/mol. The van der Waals surface area contributed by atoms with Gasteiger partial charge in [0.25, 0.3) is 0 Å². The number of nitrogens with two attached hydrogens (primary N) is 3. The minimum absolute atomic E-state index is 0.110. The molecule has 6 atom stereocenters. The fraction of sp³-hybridized carbons (Fsp3) is 0.667. The summed E-state index contributed by atoms with van der Waals surface area (Å²) in [5.74, 6) is -6.33. The number of hydrogen-bond acceptors (Lipinski definition) is 9. The van der Waals surface area contributed by atoms with Gasteiger partial charge in [-0.2, -0.15) is 0 Å². The molecule has 34 heavy (non-hydrogen) atoms. The molecule has 0 aromatic heterocycles. The van der Waals surface area contributed by atoms with E-state index in [4.69, 9.17) is 27.4 Å². The Morgan fingerprint density at radius 1 is 0.853 bits per heavy atom. The van der Waals surface area contributed by atoms with E-state index in [0.717, 1.165) is 13.8 Å². The number of nitrogens with zero attached hydrogens (tertiary/aromatic N) is 1. The van der Waals surface area contributed by atoms with Crippen LogP contribution in [-0.2, 0) is 24.0 Å². The third-order valence-electron chi connectivity index (χ3n) is 4.42. The Labute approximate surface area is 194 Å². The molecule has 0 aliphatic carbocycles. The Morgan fingerprint density at radius 3 is 1.82 bits per heavy atom. The number of aliphatic imine (C=N–C) groups is 1. The number of aliphatic carboxylic acids is 2. The molecular weight excluding hydrogens is 458 g/mol. The van der Waals surface area contributed by atoms with Crippen molar-refractivity contribution in [3.63, 3.8) is 0 Å². The summed E-state index contributed by atoms with van der Waals surface area (Å²) >= 11 is 0. The number of carbonyl (C=O) groups is 5. The van der Waals surface area contributed by atoms with Gasteiger partial charge in [0.2, 0.25) is 17.7 Å². The van der Waals surface area contributed by atoms with Gasteiger partial charge >= 0.3 is 11.9 Å². The van der Waals surface area contributed by atoms with Crippen molar-refractivity contribution in [2.24, 2.45) is 22.2 Å². The average Bonchev–Trinajstić information content (AvgIpc) is 2.70. The van der Waals surface area contributed by atoms with Crippen molar-refractivity contribution < 1.29 is 44.4 Å². The standard InChI is InChI=1S/C18H33N7O9/c1-7(26)12(16(32)25-13(8(2)27)17(33)34)24-15(31)10(6-11(28)29)23-14(30)9(19)4-3-5-22-18(20)21/h7-10,12-13,26-27H,3-6,19H2,1-2H3,(H,23,30)(H,24,31)(H,25,32)(H,28,29)(H,33,34)(H4,20,21,22). The Bertz CT molecular complexity index is 769. The number of amides is 3. The minimum atomic E-state index is -1.74. The smallest absolute Gasteiger partial charge is 0.328 e. The van der Waals surface area contributed by atoms with E-state index in [1.807, 2.05) is 5.32 Å². The monoisotopic (exact) mass is 491 g/mol. The van der Waals surface area contributed by atoms with E-state index in [2.05, 4.69) is 15.6 Å². The number of rotatable bonds is 15. The molecule has 0 fully saturated rings. The molecule has 3 amide bonds. The largest absolute Gasteiger partial charge is 0.481 e. The predicted octanol–water partition coefficient (Wildman–Crippen LogP) is -4.86. The van der Waals surface area contributed by atoms with Crippen LogP contribution in [0.15, 0.2) is 4.99 Å². The highest BCUT2D eigenvalue weighted by molar-refractivity contribution is 5.95. The summed E-state index contributed by atoms with van der Waals surface area (Å²) in [5, 5.41) is 43.7. The first kappa shape index (κ1) is 30.5. The van der Waals surface area contributed by atoms with Gasteiger partial charge in [-0.15, -0.1) is 0 Å². The summed E-state index contributed by atoms with van der Waals surface area (Å²) in [6, 6.07) is -6.27. The number of carboxylic acids is 2. The van der Waals surface area contributed by atoms with E-state index in [-0.39, 0.29) is 18.9 Å². The fourth-order valence-corrected chi connectivity index (χ4v) is 2.60. The third-order valence-corrected chi connectivity index (χ3v) is 4.42. The first-order valence-electron chi connectivity index (χ1n) is 10.2. The molecule has 0 radical (unpaired) electrons. The summed E-state index contributed by atoms with van der Waals surface area (Å²) in [5.41, 5.74) is 16.1. The zero-order chi connectivity index (χ0) is 26.6. The summed E-state index contributed by atoms with van der Waals surface area (Å²) < 4.78 is 0. The Kier molecular flexibility index (Phi) is 13.1. The second-order valence-electron chi connectivity index (χ2n) is 7.51. The molecule has 0 saturated heterocycles. The molecule has 16 nitrogen and oxygen atoms in total. The number of nitrogens with one attached hydrogen (secondary N) is 3. The van der Waals surface area contributed by atoms with Crippen molar-refractivity contribution >= 4 is 35.6 Å². The first-order valence-corrected chi connectivity index (χ1v) is 10.2. The Balaban J connectivity index is 5.33. The topological polar surface area (TPSA) is 293 Å². The van der Waals surface area contributed by atoms with Gasteiger partial charge in [0.1, 0.15) is 12.1 Å². The molecule has 0 aromatic rings. The SMILES string of the molecule is CC(O)C(NC(=O)C(NC(=O)C(CC(=O)O)NC(=O)C(N)CCCN=C(N)N)C(C)O)C(=O)O. The third kappa shape index (κ3) is 11.4. The summed E-state index contributed by atoms with van der Waals surface area (Å²) in [7, 11) is 0. The lowest BCUT2D eigenvalue weighted by Crippen LogP contribution is -2.61. The number of guanidine groups is 1. The van der Waals surface area contributed by atoms with Crippen LogP contribution in [0.3, 0.4) is 0 Å². The van der Waals surface area contributed by atoms with Crippen LogP contribution < -0.4 is 33.2 Å². The van der Waals surface area contributed by atoms with Crippen LogP contribution in [0, 0.1) is 0 Å². The van der Waals surface area contributed by atoms with Gasteiger partial charge < -0.3 is 53.6 Å². The molecule has 0 saturated carbocycles. The van der Waals surface area contributed by atoms with Crippen LogP contribution in [0.1, 0.15) is 33.1 Å². The zero-order valence-electron chi connectivity index (χ0n) is 18.8. The molecule has 0 bridgehead atoms. The minimum Gasteiger partial charge on any atom is -0.481 e. The van der Waals surface area contributed by atoms with E-state index < -0.39 is 72.5 Å². The molecular formula is C18H33N7O9. The molecule has 194 valence electrons. The highest BCUT2D eigenvalue weighted by Crippen LogP contribution is 2.03. The maximum atomic E-state index is 12.6. The van der Waals surface area contributed by atoms with E-state index in [9.17, 15) is 34.2 Å². The van der Waals surface area contributed by atoms with E-state index in [0.29, 0.717) is 6.42 Å². The van der Waals surface area contributed by atoms with Gasteiger partial charge in [0.05, 0.1) is 24.7 Å². The van der Waals surface area contributed by atoms with Gasteiger partial charge in [-0.3, -0.25) is 24.2 Å². The second-order valence-corrected chi connectivity index (χ2v) is 7.51. The first-order chi connectivity index (χ1) is 15.7. The normalized spacial score (nSPS) is 16.0. The highest BCUT2D eigenvalue weighted by atomic mass is 16.4. The predicted molar refractivity (Wildman–Crippen MR) is 117 cm³/mol. The van der Waals surface area contributed by atoms with Crippen LogP contribution in [0.2, 0.25) is 0 Å². The molecule has 6 unspecified atom stereocenters. The summed E-state index contributed by atoms with van der Waals surface area (Å²) in [6.07, 6.45) is -3.50. The van der Waals surface area contributed by atoms with Crippen LogP contribution >= 0.6 is 0 Å². The van der Waals surface area contributed by atoms with Gasteiger partial charge in [-0.25, -0.2) is 4.79 Å². The molecule has 16 heteroatoms. The Morgan fingerprint density at radius 2 is 1.38 bits per heavy atom. The molecule has 0 aromatic carbocycles. The van der Waals surface area contributed by atoms with Crippen molar-refractivity contribution in [2.45, 2.75) is 69.5 Å². The second kappa shape index (κ2) is 14.6. The van der Waals surface area contributed by atoms with Crippen molar-refractivity contribution in [2.75, 3.05) is 6.54 Å². The van der Waals surface area contributed by atoms with E-state index >= 15 is 0 Å². The lowest BCUT2D eigenvalue weighted by atomic mass is 10.1. The van der Waals surface area contributed by atoms with Gasteiger partial charge in [0.15, 0.2) is 12.0 Å². The molecule has 0 aliphatic heterocycles. The van der Waals surface area contributed by atoms with Crippen molar-refractivity contribution in [1.82, 2.24) is 16.0 Å². The van der Waals surface area contributed by atoms with Gasteiger partial charge in [0, 0.05) is 6.54 Å². The Hall–Kier alpha value is -3.50. The zero-order valence-corrected chi connectivity index (χ0v) is 18.8. The van der Waals surface area contributed by atoms with Crippen molar-refractivity contribution in [3.8, 4) is 0 Å². The molecule has 13 N–H and O–H groups in total. The van der Waals surface area contributed by atoms with E-state index in [1.54, 1.807) is 0 Å². The maximum Gasteiger partial charge on any atom is 0.328 e. The maximum absolute atomic E-state index is 12.6. The molecule has 0 heterocycles. The van der Waals surface area contributed by atoms with Crippen LogP contribution in [-0.4, -0.2) is 99.0 Å². The van der Waals surface area contributed by atoms with Crippen LogP contribution in [0.5, 0.6) is 0 Å². The summed E-state index contributed by atoms with van der Waals surface area (Å²) in [6.45, 7) is 2.41. The molecule has 0 spiro atoms. The van der Waals surface area contributed by atoms with Gasteiger partial charge in [-0.1, -0.05) is 0 Å². The number of hydrogen-bond donors (Lipinski definition) is 10. The lowest BCUT2D eigenvalue weighted by Gasteiger charge is -2.26. The number of aliphatic hydroxyl groups excluding tert-OH is 2. The van der Waals surface area contributed by atoms with Crippen LogP contribution in [0.4, 0.5) is 0 Å². The quantitative estimate of drug-likeness (QED) is 0.0586.